The number of ether oxygens (including phenoxy) is 1. The van der Waals surface area contributed by atoms with Crippen molar-refractivity contribution in [3.8, 4) is 0 Å². The van der Waals surface area contributed by atoms with Gasteiger partial charge >= 0.3 is 0 Å². The summed E-state index contributed by atoms with van der Waals surface area (Å²) in [5.74, 6) is 0.655. The fourth-order valence-electron chi connectivity index (χ4n) is 2.05. The number of hydrogen-bond donors (Lipinski definition) is 1. The lowest BCUT2D eigenvalue weighted by molar-refractivity contribution is -0.132. The fourth-order valence-corrected chi connectivity index (χ4v) is 2.05. The number of nitrogens with two attached hydrogens (primary N) is 1. The van der Waals surface area contributed by atoms with Crippen molar-refractivity contribution in [2.75, 3.05) is 26.8 Å². The first-order valence-corrected chi connectivity index (χ1v) is 5.23. The Hall–Kier alpha value is -0.610. The Balaban J connectivity index is 1.86. The molecule has 2 rings (SSSR count). The molecule has 0 aromatic rings. The van der Waals surface area contributed by atoms with Crippen LogP contribution in [0.25, 0.3) is 0 Å². The van der Waals surface area contributed by atoms with Gasteiger partial charge in [-0.15, -0.1) is 0 Å². The molecule has 80 valence electrons. The summed E-state index contributed by atoms with van der Waals surface area (Å²) in [6, 6.07) is 0. The zero-order chi connectivity index (χ0) is 10.2. The number of hydrogen-bond acceptors (Lipinski definition) is 3. The Morgan fingerprint density at radius 2 is 2.36 bits per heavy atom. The van der Waals surface area contributed by atoms with E-state index in [0.29, 0.717) is 5.92 Å². The summed E-state index contributed by atoms with van der Waals surface area (Å²) in [6.45, 7) is 2.43. The summed E-state index contributed by atoms with van der Waals surface area (Å²) in [5, 5.41) is 0. The molecule has 1 atom stereocenters. The van der Waals surface area contributed by atoms with Crippen LogP contribution in [0, 0.1) is 5.92 Å². The highest BCUT2D eigenvalue weighted by Gasteiger charge is 2.49. The maximum absolute atomic E-state index is 11.8. The van der Waals surface area contributed by atoms with E-state index in [2.05, 4.69) is 0 Å². The summed E-state index contributed by atoms with van der Waals surface area (Å²) in [6.07, 6.45) is 2.77. The number of carbonyl (C=O) groups excluding carboxylic acids is 1. The first kappa shape index (κ1) is 9.93. The Bertz CT molecular complexity index is 238. The van der Waals surface area contributed by atoms with Crippen LogP contribution in [0.2, 0.25) is 0 Å². The highest BCUT2D eigenvalue weighted by Crippen LogP contribution is 2.35. The zero-order valence-corrected chi connectivity index (χ0v) is 8.66. The number of amides is 1. The molecule has 0 radical (unpaired) electrons. The molecule has 1 unspecified atom stereocenters. The Morgan fingerprint density at radius 3 is 2.93 bits per heavy atom. The van der Waals surface area contributed by atoms with E-state index in [9.17, 15) is 4.79 Å². The van der Waals surface area contributed by atoms with Gasteiger partial charge < -0.3 is 15.4 Å². The molecule has 1 saturated carbocycles. The number of carbonyl (C=O) groups is 1. The van der Waals surface area contributed by atoms with Gasteiger partial charge in [0.2, 0.25) is 5.91 Å². The van der Waals surface area contributed by atoms with Crippen molar-refractivity contribution >= 4 is 5.91 Å². The highest BCUT2D eigenvalue weighted by molar-refractivity contribution is 5.89. The van der Waals surface area contributed by atoms with Gasteiger partial charge in [0.1, 0.15) is 0 Å². The third kappa shape index (κ3) is 1.77. The second-order valence-corrected chi connectivity index (χ2v) is 4.52. The van der Waals surface area contributed by atoms with Crippen LogP contribution in [-0.2, 0) is 9.53 Å². The van der Waals surface area contributed by atoms with E-state index in [1.165, 1.54) is 0 Å². The minimum absolute atomic E-state index is 0.149. The monoisotopic (exact) mass is 198 g/mol. The summed E-state index contributed by atoms with van der Waals surface area (Å²) < 4.78 is 5.09. The van der Waals surface area contributed by atoms with E-state index in [1.807, 2.05) is 4.90 Å². The Labute approximate surface area is 84.4 Å². The topological polar surface area (TPSA) is 55.6 Å². The molecule has 0 aromatic carbocycles. The van der Waals surface area contributed by atoms with E-state index in [-0.39, 0.29) is 5.91 Å². The van der Waals surface area contributed by atoms with E-state index in [1.54, 1.807) is 7.11 Å². The van der Waals surface area contributed by atoms with Crippen LogP contribution < -0.4 is 5.73 Å². The van der Waals surface area contributed by atoms with Crippen LogP contribution in [0.15, 0.2) is 0 Å². The summed E-state index contributed by atoms with van der Waals surface area (Å²) in [5.41, 5.74) is 5.37. The molecule has 0 spiro atoms. The maximum atomic E-state index is 11.8. The van der Waals surface area contributed by atoms with Crippen molar-refractivity contribution in [2.45, 2.75) is 24.8 Å². The second-order valence-electron chi connectivity index (χ2n) is 4.52. The molecule has 0 bridgehead atoms. The van der Waals surface area contributed by atoms with E-state index < -0.39 is 5.54 Å². The molecule has 1 aliphatic carbocycles. The molecule has 2 N–H and O–H groups in total. The van der Waals surface area contributed by atoms with Gasteiger partial charge in [0.25, 0.3) is 0 Å². The van der Waals surface area contributed by atoms with Crippen LogP contribution in [0.3, 0.4) is 0 Å². The van der Waals surface area contributed by atoms with Crippen LogP contribution in [0.1, 0.15) is 19.3 Å². The van der Waals surface area contributed by atoms with Gasteiger partial charge in [0.05, 0.1) is 12.1 Å². The van der Waals surface area contributed by atoms with Crippen molar-refractivity contribution in [1.82, 2.24) is 4.90 Å². The van der Waals surface area contributed by atoms with Crippen molar-refractivity contribution in [3.63, 3.8) is 0 Å². The molecule has 1 amide bonds. The minimum Gasteiger partial charge on any atom is -0.384 e. The van der Waals surface area contributed by atoms with E-state index in [4.69, 9.17) is 10.5 Å². The molecule has 14 heavy (non-hydrogen) atoms. The smallest absolute Gasteiger partial charge is 0.242 e. The van der Waals surface area contributed by atoms with Crippen molar-refractivity contribution < 1.29 is 9.53 Å². The molecule has 2 aliphatic rings. The van der Waals surface area contributed by atoms with Crippen LogP contribution in [-0.4, -0.2) is 43.2 Å². The van der Waals surface area contributed by atoms with Crippen LogP contribution >= 0.6 is 0 Å². The minimum atomic E-state index is -0.498. The number of rotatable bonds is 3. The summed E-state index contributed by atoms with van der Waals surface area (Å²) >= 11 is 0. The van der Waals surface area contributed by atoms with E-state index in [0.717, 1.165) is 39.0 Å². The first-order valence-electron chi connectivity index (χ1n) is 5.23. The third-order valence-corrected chi connectivity index (χ3v) is 3.19. The fraction of sp³-hybridized carbons (Fsp3) is 0.900. The van der Waals surface area contributed by atoms with Crippen molar-refractivity contribution in [1.29, 1.82) is 0 Å². The van der Waals surface area contributed by atoms with Gasteiger partial charge in [0, 0.05) is 26.1 Å². The van der Waals surface area contributed by atoms with Crippen LogP contribution in [0.5, 0.6) is 0 Å². The Morgan fingerprint density at radius 1 is 1.64 bits per heavy atom. The standard InChI is InChI=1S/C10H18N2O2/c1-14-7-8-2-5-12(6-8)9(13)10(11)3-4-10/h8H,2-7,11H2,1H3. The van der Waals surface area contributed by atoms with Gasteiger partial charge in [-0.3, -0.25) is 4.79 Å². The highest BCUT2D eigenvalue weighted by atomic mass is 16.5. The average Bonchev–Trinajstić information content (AvgIpc) is 2.76. The van der Waals surface area contributed by atoms with Gasteiger partial charge in [-0.1, -0.05) is 0 Å². The predicted octanol–water partition coefficient (Wildman–Crippen LogP) is -0.0274. The largest absolute Gasteiger partial charge is 0.384 e. The molecule has 4 nitrogen and oxygen atoms in total. The number of methoxy groups -OCH3 is 1. The quantitative estimate of drug-likeness (QED) is 0.693. The van der Waals surface area contributed by atoms with Gasteiger partial charge in [-0.05, 0) is 19.3 Å². The first-order chi connectivity index (χ1) is 6.65. The van der Waals surface area contributed by atoms with E-state index >= 15 is 0 Å². The number of likely N-dealkylation sites (tertiary alicyclic amines) is 1. The third-order valence-electron chi connectivity index (χ3n) is 3.19. The Kier molecular flexibility index (Phi) is 2.49. The lowest BCUT2D eigenvalue weighted by Gasteiger charge is -2.20. The molecular formula is C10H18N2O2. The lowest BCUT2D eigenvalue weighted by atomic mass is 10.1. The lowest BCUT2D eigenvalue weighted by Crippen LogP contribution is -2.44. The molecular weight excluding hydrogens is 180 g/mol. The molecule has 1 saturated heterocycles. The van der Waals surface area contributed by atoms with Crippen LogP contribution in [0.4, 0.5) is 0 Å². The summed E-state index contributed by atoms with van der Waals surface area (Å²) in [4.78, 5) is 13.7. The maximum Gasteiger partial charge on any atom is 0.242 e. The molecule has 2 fully saturated rings. The van der Waals surface area contributed by atoms with Crippen molar-refractivity contribution in [3.05, 3.63) is 0 Å². The summed E-state index contributed by atoms with van der Waals surface area (Å²) in [7, 11) is 1.70. The van der Waals surface area contributed by atoms with Gasteiger partial charge in [0.15, 0.2) is 0 Å². The predicted molar refractivity (Wildman–Crippen MR) is 52.7 cm³/mol. The van der Waals surface area contributed by atoms with Gasteiger partial charge in [-0.2, -0.15) is 0 Å². The van der Waals surface area contributed by atoms with Gasteiger partial charge in [-0.25, -0.2) is 0 Å². The molecule has 0 aromatic heterocycles. The second kappa shape index (κ2) is 3.51. The molecule has 1 heterocycles. The normalized spacial score (nSPS) is 29.3. The average molecular weight is 198 g/mol. The molecule has 4 heteroatoms. The SMILES string of the molecule is COCC1CCN(C(=O)C2(N)CC2)C1. The molecule has 1 aliphatic heterocycles. The van der Waals surface area contributed by atoms with Crippen molar-refractivity contribution in [2.24, 2.45) is 11.7 Å². The zero-order valence-electron chi connectivity index (χ0n) is 8.66. The number of nitrogens with zero attached hydrogens (tertiary/aromatic N) is 1.